The van der Waals surface area contributed by atoms with Crippen molar-refractivity contribution in [2.24, 2.45) is 5.73 Å². The first-order chi connectivity index (χ1) is 4.00. The molecule has 1 saturated carbocycles. The van der Waals surface area contributed by atoms with Gasteiger partial charge in [-0.2, -0.15) is 0 Å². The van der Waals surface area contributed by atoms with Crippen LogP contribution in [0.1, 0.15) is 12.8 Å². The maximum Gasteiger partial charge on any atom is 0.0299 e. The van der Waals surface area contributed by atoms with Crippen molar-refractivity contribution < 1.29 is 4.21 Å². The molecule has 54 valence electrons. The molecule has 0 heterocycles. The van der Waals surface area contributed by atoms with Gasteiger partial charge in [0.2, 0.25) is 0 Å². The van der Waals surface area contributed by atoms with E-state index >= 15 is 0 Å². The van der Waals surface area contributed by atoms with E-state index < -0.39 is 9.52 Å². The fourth-order valence-corrected chi connectivity index (χ4v) is 2.32. The average molecular weight is 147 g/mol. The molecule has 1 aliphatic carbocycles. The molecule has 9 heavy (non-hydrogen) atoms. The number of rotatable bonds is 1. The number of nitrogens with two attached hydrogens (primary N) is 1. The van der Waals surface area contributed by atoms with Crippen LogP contribution in [-0.4, -0.2) is 27.6 Å². The Kier molecular flexibility index (Phi) is 1.57. The summed E-state index contributed by atoms with van der Waals surface area (Å²) in [4.78, 5) is 0. The summed E-state index contributed by atoms with van der Waals surface area (Å²) in [5.74, 6) is 3.60. The summed E-state index contributed by atoms with van der Waals surface area (Å²) in [7, 11) is -1.78. The van der Waals surface area contributed by atoms with Crippen molar-refractivity contribution in [1.29, 1.82) is 0 Å². The molecule has 2 nitrogen and oxygen atoms in total. The molecular weight excluding hydrogens is 134 g/mol. The lowest BCUT2D eigenvalue weighted by atomic mass is 9.94. The van der Waals surface area contributed by atoms with Crippen LogP contribution in [0, 0.1) is 0 Å². The van der Waals surface area contributed by atoms with Crippen molar-refractivity contribution in [2.75, 3.05) is 6.26 Å². The molecule has 1 fully saturated rings. The van der Waals surface area contributed by atoms with E-state index in [1.807, 2.05) is 0 Å². The van der Waals surface area contributed by atoms with Crippen LogP contribution in [0.3, 0.4) is 0 Å². The van der Waals surface area contributed by atoms with Gasteiger partial charge in [-0.25, -0.2) is 0 Å². The van der Waals surface area contributed by atoms with E-state index in [4.69, 9.17) is 5.73 Å². The molecule has 0 spiro atoms. The molecular formula is C6H13NOS. The van der Waals surface area contributed by atoms with Crippen LogP contribution in [-0.2, 0) is 9.52 Å². The highest BCUT2D eigenvalue weighted by molar-refractivity contribution is 8.00. The summed E-state index contributed by atoms with van der Waals surface area (Å²) in [5, 5.41) is 0.299. The van der Waals surface area contributed by atoms with Gasteiger partial charge in [0.15, 0.2) is 0 Å². The lowest BCUT2D eigenvalue weighted by Crippen LogP contribution is -2.44. The zero-order chi connectivity index (χ0) is 7.07. The molecule has 0 aromatic carbocycles. The van der Waals surface area contributed by atoms with Crippen molar-refractivity contribution >= 4 is 15.4 Å². The maximum atomic E-state index is 11.1. The summed E-state index contributed by atoms with van der Waals surface area (Å²) in [6.45, 7) is 0. The lowest BCUT2D eigenvalue weighted by molar-refractivity contribution is 0.423. The van der Waals surface area contributed by atoms with Crippen LogP contribution in [0.4, 0.5) is 0 Å². The molecule has 1 unspecified atom stereocenters. The standard InChI is InChI=1S/C6H13NOS/c1-9(2,8)6-3-5(7)4-6/h5-6H,1,3-4,7H2,2H3. The van der Waals surface area contributed by atoms with E-state index in [0.29, 0.717) is 5.25 Å². The second-order valence-corrected chi connectivity index (χ2v) is 5.74. The fraction of sp³-hybridized carbons (Fsp3) is 0.833. The summed E-state index contributed by atoms with van der Waals surface area (Å²) < 4.78 is 11.1. The SMILES string of the molecule is C=S(C)(=O)C1CC(N)C1. The van der Waals surface area contributed by atoms with Crippen molar-refractivity contribution in [2.45, 2.75) is 24.1 Å². The monoisotopic (exact) mass is 147 g/mol. The van der Waals surface area contributed by atoms with Gasteiger partial charge in [-0.1, -0.05) is 0 Å². The minimum atomic E-state index is -1.78. The molecule has 1 aliphatic rings. The molecule has 0 radical (unpaired) electrons. The van der Waals surface area contributed by atoms with Crippen LogP contribution in [0.25, 0.3) is 0 Å². The average Bonchev–Trinajstić information content (AvgIpc) is 1.55. The zero-order valence-electron chi connectivity index (χ0n) is 5.67. The quantitative estimate of drug-likeness (QED) is 0.523. The van der Waals surface area contributed by atoms with E-state index in [-0.39, 0.29) is 6.04 Å². The minimum absolute atomic E-state index is 0.289. The van der Waals surface area contributed by atoms with E-state index in [1.165, 1.54) is 0 Å². The first-order valence-electron chi connectivity index (χ1n) is 3.07. The van der Waals surface area contributed by atoms with E-state index in [0.717, 1.165) is 12.8 Å². The smallest absolute Gasteiger partial charge is 0.0299 e. The van der Waals surface area contributed by atoms with Crippen LogP contribution >= 0.6 is 0 Å². The van der Waals surface area contributed by atoms with E-state index in [2.05, 4.69) is 5.87 Å². The van der Waals surface area contributed by atoms with E-state index in [1.54, 1.807) is 6.26 Å². The third kappa shape index (κ3) is 1.46. The van der Waals surface area contributed by atoms with E-state index in [9.17, 15) is 4.21 Å². The fourth-order valence-electron chi connectivity index (χ4n) is 1.01. The Labute approximate surface area is 56.4 Å². The Bertz CT molecular complexity index is 189. The maximum absolute atomic E-state index is 11.1. The third-order valence-electron chi connectivity index (χ3n) is 1.84. The number of hydrogen-bond donors (Lipinski definition) is 1. The first kappa shape index (κ1) is 7.09. The highest BCUT2D eigenvalue weighted by Gasteiger charge is 2.29. The summed E-state index contributed by atoms with van der Waals surface area (Å²) in [5.41, 5.74) is 5.51. The van der Waals surface area contributed by atoms with Gasteiger partial charge in [0.25, 0.3) is 0 Å². The Hall–Kier alpha value is -0.0200. The summed E-state index contributed by atoms with van der Waals surface area (Å²) >= 11 is 0. The lowest BCUT2D eigenvalue weighted by Gasteiger charge is -2.33. The molecule has 0 bridgehead atoms. The van der Waals surface area contributed by atoms with Crippen molar-refractivity contribution in [1.82, 2.24) is 0 Å². The molecule has 1 rings (SSSR count). The van der Waals surface area contributed by atoms with Gasteiger partial charge >= 0.3 is 0 Å². The summed E-state index contributed by atoms with van der Waals surface area (Å²) in [6.07, 6.45) is 3.52. The van der Waals surface area contributed by atoms with Gasteiger partial charge in [-0.3, -0.25) is 4.21 Å². The van der Waals surface area contributed by atoms with Crippen LogP contribution < -0.4 is 5.73 Å². The Morgan fingerprint density at radius 1 is 1.67 bits per heavy atom. The highest BCUT2D eigenvalue weighted by Crippen LogP contribution is 2.24. The molecule has 2 N–H and O–H groups in total. The molecule has 0 saturated heterocycles. The largest absolute Gasteiger partial charge is 0.328 e. The molecule has 0 aromatic heterocycles. The van der Waals surface area contributed by atoms with Crippen molar-refractivity contribution in [3.05, 3.63) is 0 Å². The Morgan fingerprint density at radius 2 is 2.11 bits per heavy atom. The van der Waals surface area contributed by atoms with Gasteiger partial charge in [0.05, 0.1) is 0 Å². The van der Waals surface area contributed by atoms with Crippen molar-refractivity contribution in [3.8, 4) is 0 Å². The molecule has 0 aromatic rings. The number of hydrogen-bond acceptors (Lipinski definition) is 2. The molecule has 0 amide bonds. The zero-order valence-corrected chi connectivity index (χ0v) is 6.49. The molecule has 1 atom stereocenters. The molecule has 3 heteroatoms. The van der Waals surface area contributed by atoms with Crippen LogP contribution in [0.2, 0.25) is 0 Å². The first-order valence-corrected chi connectivity index (χ1v) is 5.26. The Balaban J connectivity index is 2.51. The third-order valence-corrected chi connectivity index (χ3v) is 3.63. The second kappa shape index (κ2) is 1.99. The summed E-state index contributed by atoms with van der Waals surface area (Å²) in [6, 6.07) is 0.289. The van der Waals surface area contributed by atoms with Gasteiger partial charge in [-0.05, 0) is 28.2 Å². The van der Waals surface area contributed by atoms with Gasteiger partial charge in [0.1, 0.15) is 0 Å². The van der Waals surface area contributed by atoms with Gasteiger partial charge in [0, 0.05) is 17.5 Å². The minimum Gasteiger partial charge on any atom is -0.328 e. The normalized spacial score (nSPS) is 41.1. The predicted molar refractivity (Wildman–Crippen MR) is 42.2 cm³/mol. The van der Waals surface area contributed by atoms with Crippen molar-refractivity contribution in [3.63, 3.8) is 0 Å². The van der Waals surface area contributed by atoms with Gasteiger partial charge < -0.3 is 5.73 Å². The topological polar surface area (TPSA) is 43.1 Å². The Morgan fingerprint density at radius 3 is 2.22 bits per heavy atom. The second-order valence-electron chi connectivity index (χ2n) is 2.93. The highest BCUT2D eigenvalue weighted by atomic mass is 32.2. The van der Waals surface area contributed by atoms with Crippen LogP contribution in [0.5, 0.6) is 0 Å². The van der Waals surface area contributed by atoms with Crippen LogP contribution in [0.15, 0.2) is 0 Å². The predicted octanol–water partition coefficient (Wildman–Crippen LogP) is -0.178. The molecule has 0 aliphatic heterocycles. The van der Waals surface area contributed by atoms with Gasteiger partial charge in [-0.15, -0.1) is 0 Å².